The normalized spacial score (nSPS) is 11.3. The summed E-state index contributed by atoms with van der Waals surface area (Å²) in [5.74, 6) is -1.02. The van der Waals surface area contributed by atoms with Gasteiger partial charge >= 0.3 is 5.97 Å². The first-order valence-electron chi connectivity index (χ1n) is 13.2. The predicted molar refractivity (Wildman–Crippen MR) is 159 cm³/mol. The molecule has 0 fully saturated rings. The zero-order valence-electron chi connectivity index (χ0n) is 22.8. The van der Waals surface area contributed by atoms with E-state index in [9.17, 15) is 14.0 Å². The van der Waals surface area contributed by atoms with E-state index in [1.807, 2.05) is 48.9 Å². The monoisotopic (exact) mass is 554 g/mol. The number of nitrogens with zero attached hydrogens (tertiary/aromatic N) is 2. The second-order valence-corrected chi connectivity index (χ2v) is 10.9. The first-order chi connectivity index (χ1) is 19.4. The number of aryl methyl sites for hydroxylation is 1. The van der Waals surface area contributed by atoms with Gasteiger partial charge in [-0.15, -0.1) is 11.3 Å². The summed E-state index contributed by atoms with van der Waals surface area (Å²) in [4.78, 5) is 30.7. The van der Waals surface area contributed by atoms with Crippen LogP contribution in [-0.2, 0) is 24.4 Å². The van der Waals surface area contributed by atoms with E-state index in [0.29, 0.717) is 28.9 Å². The van der Waals surface area contributed by atoms with Gasteiger partial charge in [0.05, 0.1) is 18.5 Å². The third-order valence-corrected chi connectivity index (χ3v) is 8.16. The van der Waals surface area contributed by atoms with Gasteiger partial charge in [-0.05, 0) is 43.7 Å². The Bertz CT molecular complexity index is 1710. The number of aromatic nitrogens is 1. The summed E-state index contributed by atoms with van der Waals surface area (Å²) in [5, 5.41) is 0.474. The highest BCUT2D eigenvalue weighted by molar-refractivity contribution is 7.22. The van der Waals surface area contributed by atoms with Crippen LogP contribution in [0, 0.1) is 12.7 Å². The smallest absolute Gasteiger partial charge is 0.343 e. The number of thiophene rings is 1. The molecule has 0 bridgehead atoms. The lowest BCUT2D eigenvalue weighted by molar-refractivity contribution is 0.0524. The van der Waals surface area contributed by atoms with Crippen molar-refractivity contribution >= 4 is 27.5 Å². The number of rotatable bonds is 9. The van der Waals surface area contributed by atoms with Gasteiger partial charge in [0.1, 0.15) is 16.2 Å². The van der Waals surface area contributed by atoms with Crippen LogP contribution in [0.25, 0.3) is 20.7 Å². The first-order valence-corrected chi connectivity index (χ1v) is 14.1. The molecule has 0 aliphatic heterocycles. The molecule has 0 atom stereocenters. The van der Waals surface area contributed by atoms with E-state index in [4.69, 9.17) is 4.74 Å². The van der Waals surface area contributed by atoms with E-state index in [1.54, 1.807) is 25.1 Å². The van der Waals surface area contributed by atoms with E-state index in [0.717, 1.165) is 27.1 Å². The van der Waals surface area contributed by atoms with Gasteiger partial charge in [-0.1, -0.05) is 78.4 Å². The summed E-state index contributed by atoms with van der Waals surface area (Å²) < 4.78 is 21.8. The van der Waals surface area contributed by atoms with Crippen LogP contribution >= 0.6 is 11.3 Å². The molecule has 7 heteroatoms. The zero-order valence-corrected chi connectivity index (χ0v) is 23.6. The average molecular weight is 555 g/mol. The largest absolute Gasteiger partial charge is 0.462 e. The van der Waals surface area contributed by atoms with Crippen molar-refractivity contribution in [2.24, 2.45) is 0 Å². The van der Waals surface area contributed by atoms with Crippen molar-refractivity contribution in [1.82, 2.24) is 9.47 Å². The fourth-order valence-corrected chi connectivity index (χ4v) is 6.18. The van der Waals surface area contributed by atoms with Crippen molar-refractivity contribution in [2.75, 3.05) is 13.7 Å². The molecule has 3 aromatic carbocycles. The van der Waals surface area contributed by atoms with Crippen LogP contribution in [0.1, 0.15) is 39.5 Å². The van der Waals surface area contributed by atoms with E-state index in [-0.39, 0.29) is 30.0 Å². The summed E-state index contributed by atoms with van der Waals surface area (Å²) in [6.45, 7) is 5.23. The van der Waals surface area contributed by atoms with Crippen LogP contribution in [0.15, 0.2) is 89.9 Å². The summed E-state index contributed by atoms with van der Waals surface area (Å²) in [7, 11) is 2.02. The molecule has 5 nitrogen and oxygen atoms in total. The molecule has 0 saturated heterocycles. The lowest BCUT2D eigenvalue weighted by Crippen LogP contribution is -2.23. The lowest BCUT2D eigenvalue weighted by atomic mass is 10.0. The molecule has 0 N–H and O–H groups in total. The van der Waals surface area contributed by atoms with Crippen LogP contribution in [0.2, 0.25) is 0 Å². The number of carbonyl (C=O) groups excluding carboxylic acids is 1. The van der Waals surface area contributed by atoms with Crippen molar-refractivity contribution < 1.29 is 13.9 Å². The topological polar surface area (TPSA) is 51.5 Å². The summed E-state index contributed by atoms with van der Waals surface area (Å²) in [6, 6.07) is 24.9. The fourth-order valence-electron chi connectivity index (χ4n) is 4.89. The standard InChI is InChI=1S/C33H31FN2O3S/c1-4-39-33(38)27-21-36(19-25-12-8-9-13-28(25)34)32-29(30(27)37)26(20-35(3)18-23-10-6-5-7-11-23)31(40-32)24-16-14-22(2)15-17-24/h5-17,21H,4,18-20H2,1-3H3. The number of hydrogen-bond acceptors (Lipinski definition) is 5. The van der Waals surface area contributed by atoms with Crippen LogP contribution in [-0.4, -0.2) is 29.1 Å². The van der Waals surface area contributed by atoms with Gasteiger partial charge in [-0.2, -0.15) is 0 Å². The van der Waals surface area contributed by atoms with Gasteiger partial charge in [0.15, 0.2) is 0 Å². The Labute approximate surface area is 237 Å². The maximum atomic E-state index is 14.7. The second kappa shape index (κ2) is 12.0. The van der Waals surface area contributed by atoms with Crippen LogP contribution in [0.4, 0.5) is 4.39 Å². The van der Waals surface area contributed by atoms with E-state index in [1.165, 1.54) is 23.6 Å². The maximum Gasteiger partial charge on any atom is 0.343 e. The number of hydrogen-bond donors (Lipinski definition) is 0. The minimum Gasteiger partial charge on any atom is -0.462 e. The molecule has 0 radical (unpaired) electrons. The van der Waals surface area contributed by atoms with Crippen molar-refractivity contribution in [3.05, 3.63) is 129 Å². The molecule has 0 aliphatic rings. The molecule has 2 heterocycles. The third kappa shape index (κ3) is 5.76. The fraction of sp³-hybridized carbons (Fsp3) is 0.212. The number of ether oxygens (including phenoxy) is 1. The first kappa shape index (κ1) is 27.5. The van der Waals surface area contributed by atoms with E-state index < -0.39 is 5.97 Å². The van der Waals surface area contributed by atoms with Crippen molar-refractivity contribution in [3.63, 3.8) is 0 Å². The number of pyridine rings is 1. The number of benzene rings is 3. The molecular weight excluding hydrogens is 523 g/mol. The van der Waals surface area contributed by atoms with Crippen LogP contribution in [0.5, 0.6) is 0 Å². The van der Waals surface area contributed by atoms with E-state index >= 15 is 0 Å². The highest BCUT2D eigenvalue weighted by atomic mass is 32.1. The zero-order chi connectivity index (χ0) is 28.2. The number of halogens is 1. The summed E-state index contributed by atoms with van der Waals surface area (Å²) in [5.41, 5.74) is 4.18. The number of carbonyl (C=O) groups is 1. The SMILES string of the molecule is CCOC(=O)c1cn(Cc2ccccc2F)c2sc(-c3ccc(C)cc3)c(CN(C)Cc3ccccc3)c2c1=O. The summed E-state index contributed by atoms with van der Waals surface area (Å²) in [6.07, 6.45) is 1.52. The Kier molecular flexibility index (Phi) is 8.24. The molecule has 0 aliphatic carbocycles. The Hall–Kier alpha value is -4.07. The van der Waals surface area contributed by atoms with Crippen molar-refractivity contribution in [2.45, 2.75) is 33.5 Å². The molecule has 0 unspecified atom stereocenters. The van der Waals surface area contributed by atoms with Crippen molar-refractivity contribution in [1.29, 1.82) is 0 Å². The molecule has 0 saturated carbocycles. The molecule has 5 aromatic rings. The molecule has 5 rings (SSSR count). The van der Waals surface area contributed by atoms with Gasteiger partial charge in [-0.25, -0.2) is 9.18 Å². The molecule has 0 spiro atoms. The Morgan fingerprint density at radius 2 is 1.68 bits per heavy atom. The lowest BCUT2D eigenvalue weighted by Gasteiger charge is -2.18. The molecule has 2 aromatic heterocycles. The predicted octanol–water partition coefficient (Wildman–Crippen LogP) is 7.03. The van der Waals surface area contributed by atoms with Gasteiger partial charge < -0.3 is 9.30 Å². The van der Waals surface area contributed by atoms with Crippen LogP contribution < -0.4 is 5.43 Å². The van der Waals surface area contributed by atoms with Crippen LogP contribution in [0.3, 0.4) is 0 Å². The molecular formula is C33H31FN2O3S. The Morgan fingerprint density at radius 3 is 2.38 bits per heavy atom. The Morgan fingerprint density at radius 1 is 0.975 bits per heavy atom. The molecule has 204 valence electrons. The highest BCUT2D eigenvalue weighted by Crippen LogP contribution is 2.39. The average Bonchev–Trinajstić information content (AvgIpc) is 3.32. The third-order valence-electron chi connectivity index (χ3n) is 6.84. The molecule has 40 heavy (non-hydrogen) atoms. The minimum absolute atomic E-state index is 0.0501. The van der Waals surface area contributed by atoms with Gasteiger partial charge in [0.25, 0.3) is 0 Å². The van der Waals surface area contributed by atoms with Gasteiger partial charge in [-0.3, -0.25) is 9.69 Å². The maximum absolute atomic E-state index is 14.7. The quantitative estimate of drug-likeness (QED) is 0.184. The van der Waals surface area contributed by atoms with Crippen molar-refractivity contribution in [3.8, 4) is 10.4 Å². The Balaban J connectivity index is 1.73. The second-order valence-electron chi connectivity index (χ2n) is 9.93. The number of esters is 1. The molecule has 0 amide bonds. The highest BCUT2D eigenvalue weighted by Gasteiger charge is 2.25. The number of fused-ring (bicyclic) bond motifs is 1. The van der Waals surface area contributed by atoms with Gasteiger partial charge in [0.2, 0.25) is 5.43 Å². The van der Waals surface area contributed by atoms with E-state index in [2.05, 4.69) is 29.2 Å². The minimum atomic E-state index is -0.677. The summed E-state index contributed by atoms with van der Waals surface area (Å²) >= 11 is 1.49. The van der Waals surface area contributed by atoms with Gasteiger partial charge in [0, 0.05) is 29.7 Å².